The zero-order chi connectivity index (χ0) is 19.7. The van der Waals surface area contributed by atoms with Crippen LogP contribution in [0.25, 0.3) is 22.1 Å². The molecular weight excluding hydrogens is 346 g/mol. The fourth-order valence-corrected chi connectivity index (χ4v) is 3.00. The molecule has 27 heavy (non-hydrogen) atoms. The summed E-state index contributed by atoms with van der Waals surface area (Å²) in [6, 6.07) is 5.51. The van der Waals surface area contributed by atoms with Gasteiger partial charge < -0.3 is 16.4 Å². The van der Waals surface area contributed by atoms with Crippen LogP contribution in [0.3, 0.4) is 0 Å². The molecule has 0 atom stereocenters. The van der Waals surface area contributed by atoms with Crippen molar-refractivity contribution in [2.75, 3.05) is 16.4 Å². The number of anilines is 3. The number of hydrogen-bond acceptors (Lipinski definition) is 7. The smallest absolute Gasteiger partial charge is 0.211 e. The molecule has 132 valence electrons. The third-order valence-electron chi connectivity index (χ3n) is 4.35. The summed E-state index contributed by atoms with van der Waals surface area (Å²) in [7, 11) is 0. The Morgan fingerprint density at radius 2 is 1.59 bits per heavy atom. The summed E-state index contributed by atoms with van der Waals surface area (Å²) < 4.78 is 0. The number of carbonyl (C=O) groups excluding carboxylic acids is 2. The minimum atomic E-state index is 0.0611. The molecule has 0 saturated heterocycles. The Hall–Kier alpha value is -4.24. The van der Waals surface area contributed by atoms with Crippen molar-refractivity contribution < 1.29 is 9.59 Å². The number of carbonyl (C=O) groups is 2. The van der Waals surface area contributed by atoms with Crippen LogP contribution in [-0.4, -0.2) is 22.8 Å². The van der Waals surface area contributed by atoms with Gasteiger partial charge in [-0.05, 0) is 19.9 Å². The lowest BCUT2D eigenvalue weighted by Crippen LogP contribution is -2.07. The minimum absolute atomic E-state index is 0.0611. The number of rotatable bonds is 4. The molecule has 3 rings (SSSR count). The second kappa shape index (κ2) is 6.58. The highest BCUT2D eigenvalue weighted by atomic mass is 16.1. The summed E-state index contributed by atoms with van der Waals surface area (Å²) in [5.41, 5.74) is 9.54. The summed E-state index contributed by atoms with van der Waals surface area (Å²) >= 11 is 0. The summed E-state index contributed by atoms with van der Waals surface area (Å²) in [5.74, 6) is 0. The number of nitrogens with zero attached hydrogens (tertiary/aromatic N) is 4. The normalized spacial score (nSPS) is 10.2. The van der Waals surface area contributed by atoms with Crippen molar-refractivity contribution >= 4 is 51.9 Å². The zero-order valence-electron chi connectivity index (χ0n) is 14.4. The average molecular weight is 359 g/mol. The molecule has 2 amide bonds. The number of nitrogen functional groups attached to an aromatic ring is 1. The molecule has 1 aromatic heterocycles. The van der Waals surface area contributed by atoms with E-state index >= 15 is 0 Å². The van der Waals surface area contributed by atoms with Gasteiger partial charge in [0.1, 0.15) is 28.7 Å². The molecular formula is C18H13N7O2. The molecule has 0 fully saturated rings. The molecule has 2 aromatic carbocycles. The monoisotopic (exact) mass is 359 g/mol. The topological polar surface area (TPSA) is 158 Å². The first-order chi connectivity index (χ1) is 13.0. The standard InChI is InChI=1S/C18H13N7O2/c1-8-12(22-6-26)3-10(4-19)17-15(8)24-16-9(2)14(23-7-27)13(21)11(5-20)18(16)25-17/h3,6-7H,21H2,1-2H3,(H,22,26)(H,23,27). The SMILES string of the molecule is Cc1c(NC=O)cc(C#N)c2nc3c(C#N)c(N)c(NC=O)c(C)c3nc12. The van der Waals surface area contributed by atoms with Gasteiger partial charge in [-0.1, -0.05) is 0 Å². The predicted octanol–water partition coefficient (Wildman–Crippen LogP) is 1.86. The third kappa shape index (κ3) is 2.55. The fraction of sp³-hybridized carbons (Fsp3) is 0.111. The number of fused-ring (bicyclic) bond motifs is 2. The largest absolute Gasteiger partial charge is 0.396 e. The molecule has 9 heteroatoms. The number of nitrogens with two attached hydrogens (primary N) is 1. The number of benzene rings is 2. The summed E-state index contributed by atoms with van der Waals surface area (Å²) in [4.78, 5) is 30.8. The van der Waals surface area contributed by atoms with E-state index in [9.17, 15) is 20.1 Å². The highest BCUT2D eigenvalue weighted by Crippen LogP contribution is 2.36. The molecule has 0 aliphatic heterocycles. The minimum Gasteiger partial charge on any atom is -0.396 e. The van der Waals surface area contributed by atoms with Crippen molar-refractivity contribution in [3.63, 3.8) is 0 Å². The number of aryl methyl sites for hydroxylation is 2. The van der Waals surface area contributed by atoms with E-state index in [2.05, 4.69) is 20.6 Å². The molecule has 0 spiro atoms. The molecule has 4 N–H and O–H groups in total. The van der Waals surface area contributed by atoms with Gasteiger partial charge in [-0.15, -0.1) is 0 Å². The lowest BCUT2D eigenvalue weighted by atomic mass is 10.0. The van der Waals surface area contributed by atoms with Gasteiger partial charge in [-0.2, -0.15) is 10.5 Å². The van der Waals surface area contributed by atoms with Crippen molar-refractivity contribution in [1.29, 1.82) is 10.5 Å². The summed E-state index contributed by atoms with van der Waals surface area (Å²) in [5, 5.41) is 24.0. The van der Waals surface area contributed by atoms with E-state index < -0.39 is 0 Å². The number of aromatic nitrogens is 2. The Bertz CT molecular complexity index is 1220. The lowest BCUT2D eigenvalue weighted by molar-refractivity contribution is -0.106. The maximum absolute atomic E-state index is 10.9. The third-order valence-corrected chi connectivity index (χ3v) is 4.35. The molecule has 0 unspecified atom stereocenters. The number of nitrogens with one attached hydrogen (secondary N) is 2. The highest BCUT2D eigenvalue weighted by molar-refractivity contribution is 6.03. The van der Waals surface area contributed by atoms with Crippen LogP contribution >= 0.6 is 0 Å². The van der Waals surface area contributed by atoms with Crippen LogP contribution in [0.5, 0.6) is 0 Å². The Morgan fingerprint density at radius 1 is 0.963 bits per heavy atom. The van der Waals surface area contributed by atoms with Crippen molar-refractivity contribution in [2.45, 2.75) is 13.8 Å². The van der Waals surface area contributed by atoms with E-state index in [-0.39, 0.29) is 28.0 Å². The molecule has 0 aliphatic rings. The second-order valence-electron chi connectivity index (χ2n) is 5.75. The van der Waals surface area contributed by atoms with Gasteiger partial charge in [-0.25, -0.2) is 9.97 Å². The first-order valence-corrected chi connectivity index (χ1v) is 7.76. The lowest BCUT2D eigenvalue weighted by Gasteiger charge is -2.15. The van der Waals surface area contributed by atoms with Crippen LogP contribution in [-0.2, 0) is 9.59 Å². The van der Waals surface area contributed by atoms with Gasteiger partial charge in [0.2, 0.25) is 12.8 Å². The Kier molecular flexibility index (Phi) is 4.28. The molecule has 1 heterocycles. The van der Waals surface area contributed by atoms with Crippen LogP contribution in [0.15, 0.2) is 6.07 Å². The maximum Gasteiger partial charge on any atom is 0.211 e. The van der Waals surface area contributed by atoms with E-state index in [1.165, 1.54) is 6.07 Å². The predicted molar refractivity (Wildman–Crippen MR) is 99.7 cm³/mol. The molecule has 0 saturated carbocycles. The first-order valence-electron chi connectivity index (χ1n) is 7.76. The Balaban J connectivity index is 2.57. The van der Waals surface area contributed by atoms with Crippen LogP contribution in [0.1, 0.15) is 22.3 Å². The van der Waals surface area contributed by atoms with Gasteiger partial charge >= 0.3 is 0 Å². The highest BCUT2D eigenvalue weighted by Gasteiger charge is 2.20. The van der Waals surface area contributed by atoms with Crippen LogP contribution in [0.4, 0.5) is 17.1 Å². The first kappa shape index (κ1) is 17.6. The van der Waals surface area contributed by atoms with Gasteiger partial charge in [-0.3, -0.25) is 9.59 Å². The summed E-state index contributed by atoms with van der Waals surface area (Å²) in [6.07, 6.45) is 0.973. The van der Waals surface area contributed by atoms with Crippen molar-refractivity contribution in [3.05, 3.63) is 28.3 Å². The van der Waals surface area contributed by atoms with E-state index in [4.69, 9.17) is 5.73 Å². The van der Waals surface area contributed by atoms with Crippen molar-refractivity contribution in [2.24, 2.45) is 0 Å². The Morgan fingerprint density at radius 3 is 2.19 bits per heavy atom. The molecule has 3 aromatic rings. The quantitative estimate of drug-likeness (QED) is 0.364. The van der Waals surface area contributed by atoms with Crippen LogP contribution in [0.2, 0.25) is 0 Å². The van der Waals surface area contributed by atoms with Gasteiger partial charge in [0.05, 0.1) is 28.0 Å². The van der Waals surface area contributed by atoms with Crippen molar-refractivity contribution in [3.8, 4) is 12.1 Å². The van der Waals surface area contributed by atoms with E-state index in [1.807, 2.05) is 12.1 Å². The Labute approximate surface area is 153 Å². The molecule has 9 nitrogen and oxygen atoms in total. The van der Waals surface area contributed by atoms with E-state index in [0.717, 1.165) is 0 Å². The zero-order valence-corrected chi connectivity index (χ0v) is 14.4. The van der Waals surface area contributed by atoms with Crippen LogP contribution < -0.4 is 16.4 Å². The second-order valence-corrected chi connectivity index (χ2v) is 5.75. The molecule has 0 bridgehead atoms. The fourth-order valence-electron chi connectivity index (χ4n) is 3.00. The van der Waals surface area contributed by atoms with Gasteiger partial charge in [0.25, 0.3) is 0 Å². The van der Waals surface area contributed by atoms with Gasteiger partial charge in [0, 0.05) is 16.8 Å². The number of amides is 2. The van der Waals surface area contributed by atoms with Crippen molar-refractivity contribution in [1.82, 2.24) is 9.97 Å². The maximum atomic E-state index is 10.9. The summed E-state index contributed by atoms with van der Waals surface area (Å²) in [6.45, 7) is 3.43. The number of nitriles is 2. The molecule has 0 radical (unpaired) electrons. The van der Waals surface area contributed by atoms with Gasteiger partial charge in [0.15, 0.2) is 0 Å². The number of hydrogen-bond donors (Lipinski definition) is 3. The molecule has 0 aliphatic carbocycles. The average Bonchev–Trinajstić information content (AvgIpc) is 2.67. The van der Waals surface area contributed by atoms with E-state index in [0.29, 0.717) is 46.2 Å². The van der Waals surface area contributed by atoms with E-state index in [1.54, 1.807) is 13.8 Å². The van der Waals surface area contributed by atoms with Crippen LogP contribution in [0, 0.1) is 36.5 Å².